The highest BCUT2D eigenvalue weighted by Crippen LogP contribution is 2.29. The zero-order chi connectivity index (χ0) is 13.8. The van der Waals surface area contributed by atoms with Crippen molar-refractivity contribution in [1.82, 2.24) is 19.6 Å². The molecular formula is C11H6ClF3N4. The summed E-state index contributed by atoms with van der Waals surface area (Å²) in [6.07, 6.45) is -4.62. The Labute approximate surface area is 109 Å². The Morgan fingerprint density at radius 1 is 1.21 bits per heavy atom. The van der Waals surface area contributed by atoms with Crippen molar-refractivity contribution in [3.8, 4) is 0 Å². The van der Waals surface area contributed by atoms with Crippen LogP contribution in [-0.4, -0.2) is 19.6 Å². The predicted molar refractivity (Wildman–Crippen MR) is 63.0 cm³/mol. The third kappa shape index (κ3) is 1.90. The van der Waals surface area contributed by atoms with E-state index in [4.69, 9.17) is 11.6 Å². The van der Waals surface area contributed by atoms with Gasteiger partial charge >= 0.3 is 6.18 Å². The van der Waals surface area contributed by atoms with E-state index in [1.807, 2.05) is 6.92 Å². The van der Waals surface area contributed by atoms with Gasteiger partial charge in [-0.1, -0.05) is 11.6 Å². The second-order valence-corrected chi connectivity index (χ2v) is 4.41. The SMILES string of the molecule is Cc1ccc2nc(Cl)n3nc(C(F)(F)F)nc3c2c1. The summed E-state index contributed by atoms with van der Waals surface area (Å²) in [7, 11) is 0. The van der Waals surface area contributed by atoms with Crippen LogP contribution < -0.4 is 0 Å². The van der Waals surface area contributed by atoms with Gasteiger partial charge in [-0.25, -0.2) is 9.97 Å². The van der Waals surface area contributed by atoms with Crippen molar-refractivity contribution >= 4 is 28.2 Å². The van der Waals surface area contributed by atoms with Crippen LogP contribution in [0.5, 0.6) is 0 Å². The van der Waals surface area contributed by atoms with E-state index in [2.05, 4.69) is 15.1 Å². The van der Waals surface area contributed by atoms with Gasteiger partial charge in [-0.2, -0.15) is 17.7 Å². The maximum Gasteiger partial charge on any atom is 0.453 e. The van der Waals surface area contributed by atoms with Crippen LogP contribution in [0.2, 0.25) is 5.28 Å². The van der Waals surface area contributed by atoms with Gasteiger partial charge in [0.05, 0.1) is 5.52 Å². The number of aromatic nitrogens is 4. The first-order chi connectivity index (χ1) is 8.86. The summed E-state index contributed by atoms with van der Waals surface area (Å²) in [5.74, 6) is -1.23. The molecule has 0 saturated heterocycles. The summed E-state index contributed by atoms with van der Waals surface area (Å²) in [6, 6.07) is 5.17. The number of nitrogens with zero attached hydrogens (tertiary/aromatic N) is 4. The first kappa shape index (κ1) is 12.2. The Morgan fingerprint density at radius 3 is 2.63 bits per heavy atom. The summed E-state index contributed by atoms with van der Waals surface area (Å²) >= 11 is 5.82. The minimum atomic E-state index is -4.62. The Bertz CT molecular complexity index is 794. The Balaban J connectivity index is 2.45. The summed E-state index contributed by atoms with van der Waals surface area (Å²) in [5.41, 5.74) is 1.41. The fraction of sp³-hybridized carbons (Fsp3) is 0.182. The van der Waals surface area contributed by atoms with E-state index >= 15 is 0 Å². The smallest absolute Gasteiger partial charge is 0.218 e. The number of halogens is 4. The molecule has 0 amide bonds. The van der Waals surface area contributed by atoms with Crippen molar-refractivity contribution in [2.75, 3.05) is 0 Å². The second-order valence-electron chi connectivity index (χ2n) is 4.07. The number of alkyl halides is 3. The summed E-state index contributed by atoms with van der Waals surface area (Å²) in [6.45, 7) is 1.82. The first-order valence-corrected chi connectivity index (χ1v) is 5.64. The Morgan fingerprint density at radius 2 is 1.95 bits per heavy atom. The maximum absolute atomic E-state index is 12.6. The zero-order valence-corrected chi connectivity index (χ0v) is 10.3. The molecule has 0 saturated carbocycles. The molecule has 98 valence electrons. The van der Waals surface area contributed by atoms with Crippen LogP contribution in [0.3, 0.4) is 0 Å². The predicted octanol–water partition coefficient (Wildman–Crippen LogP) is 3.26. The van der Waals surface area contributed by atoms with Gasteiger partial charge in [-0.3, -0.25) is 0 Å². The maximum atomic E-state index is 12.6. The molecule has 3 aromatic rings. The lowest BCUT2D eigenvalue weighted by atomic mass is 10.2. The van der Waals surface area contributed by atoms with Crippen LogP contribution in [0.4, 0.5) is 13.2 Å². The molecule has 0 spiro atoms. The number of rotatable bonds is 0. The van der Waals surface area contributed by atoms with E-state index in [0.717, 1.165) is 10.1 Å². The highest BCUT2D eigenvalue weighted by atomic mass is 35.5. The molecule has 0 N–H and O–H groups in total. The average molecular weight is 287 g/mol. The van der Waals surface area contributed by atoms with Crippen LogP contribution in [0.15, 0.2) is 18.2 Å². The molecular weight excluding hydrogens is 281 g/mol. The minimum Gasteiger partial charge on any atom is -0.218 e. The van der Waals surface area contributed by atoms with E-state index in [9.17, 15) is 13.2 Å². The van der Waals surface area contributed by atoms with Crippen molar-refractivity contribution in [1.29, 1.82) is 0 Å². The first-order valence-electron chi connectivity index (χ1n) is 5.26. The van der Waals surface area contributed by atoms with Gasteiger partial charge in [0, 0.05) is 5.39 Å². The van der Waals surface area contributed by atoms with Crippen molar-refractivity contribution in [3.63, 3.8) is 0 Å². The number of fused-ring (bicyclic) bond motifs is 3. The Hall–Kier alpha value is -1.89. The highest BCUT2D eigenvalue weighted by Gasteiger charge is 2.36. The van der Waals surface area contributed by atoms with Gasteiger partial charge in [0.2, 0.25) is 5.28 Å². The molecule has 3 rings (SSSR count). The zero-order valence-electron chi connectivity index (χ0n) is 9.53. The standard InChI is InChI=1S/C11H6ClF3N4/c1-5-2-3-7-6(4-5)8-17-9(11(13,14)15)18-19(8)10(12)16-7/h2-4H,1H3. The molecule has 0 fully saturated rings. The number of hydrogen-bond donors (Lipinski definition) is 0. The van der Waals surface area contributed by atoms with Crippen molar-refractivity contribution in [2.24, 2.45) is 0 Å². The number of hydrogen-bond acceptors (Lipinski definition) is 3. The molecule has 0 unspecified atom stereocenters. The van der Waals surface area contributed by atoms with Gasteiger partial charge < -0.3 is 0 Å². The third-order valence-corrected chi connectivity index (χ3v) is 2.89. The highest BCUT2D eigenvalue weighted by molar-refractivity contribution is 6.29. The van der Waals surface area contributed by atoms with Crippen LogP contribution in [-0.2, 0) is 6.18 Å². The average Bonchev–Trinajstić information content (AvgIpc) is 2.76. The molecule has 0 atom stereocenters. The molecule has 2 heterocycles. The van der Waals surface area contributed by atoms with Gasteiger partial charge in [-0.05, 0) is 30.7 Å². The fourth-order valence-electron chi connectivity index (χ4n) is 1.81. The molecule has 0 radical (unpaired) electrons. The lowest BCUT2D eigenvalue weighted by Crippen LogP contribution is -2.07. The van der Waals surface area contributed by atoms with Crippen LogP contribution in [0.1, 0.15) is 11.4 Å². The summed E-state index contributed by atoms with van der Waals surface area (Å²) in [4.78, 5) is 7.52. The summed E-state index contributed by atoms with van der Waals surface area (Å²) in [5, 5.41) is 3.67. The monoisotopic (exact) mass is 286 g/mol. The topological polar surface area (TPSA) is 43.1 Å². The van der Waals surface area contributed by atoms with Crippen LogP contribution in [0.25, 0.3) is 16.6 Å². The van der Waals surface area contributed by atoms with Gasteiger partial charge in [0.15, 0.2) is 5.65 Å². The molecule has 0 bridgehead atoms. The van der Waals surface area contributed by atoms with Crippen LogP contribution >= 0.6 is 11.6 Å². The molecule has 2 aromatic heterocycles. The van der Waals surface area contributed by atoms with Crippen LogP contribution in [0, 0.1) is 6.92 Å². The van der Waals surface area contributed by atoms with Gasteiger partial charge in [0.1, 0.15) is 0 Å². The van der Waals surface area contributed by atoms with E-state index < -0.39 is 12.0 Å². The molecule has 19 heavy (non-hydrogen) atoms. The third-order valence-electron chi connectivity index (χ3n) is 2.64. The second kappa shape index (κ2) is 3.80. The normalized spacial score (nSPS) is 12.5. The Kier molecular flexibility index (Phi) is 2.43. The van der Waals surface area contributed by atoms with E-state index in [0.29, 0.717) is 10.9 Å². The van der Waals surface area contributed by atoms with Crippen molar-refractivity contribution < 1.29 is 13.2 Å². The largest absolute Gasteiger partial charge is 0.453 e. The number of benzene rings is 1. The minimum absolute atomic E-state index is 0.0472. The van der Waals surface area contributed by atoms with Crippen molar-refractivity contribution in [3.05, 3.63) is 34.9 Å². The van der Waals surface area contributed by atoms with E-state index in [1.165, 1.54) is 0 Å². The quantitative estimate of drug-likeness (QED) is 0.596. The van der Waals surface area contributed by atoms with E-state index in [-0.39, 0.29) is 10.9 Å². The van der Waals surface area contributed by atoms with E-state index in [1.54, 1.807) is 18.2 Å². The number of aryl methyl sites for hydroxylation is 1. The molecule has 4 nitrogen and oxygen atoms in total. The van der Waals surface area contributed by atoms with Gasteiger partial charge in [0.25, 0.3) is 5.82 Å². The molecule has 0 aliphatic heterocycles. The molecule has 0 aliphatic rings. The molecule has 1 aromatic carbocycles. The lowest BCUT2D eigenvalue weighted by molar-refractivity contribution is -0.144. The lowest BCUT2D eigenvalue weighted by Gasteiger charge is -2.01. The fourth-order valence-corrected chi connectivity index (χ4v) is 2.02. The van der Waals surface area contributed by atoms with Crippen molar-refractivity contribution in [2.45, 2.75) is 13.1 Å². The molecule has 0 aliphatic carbocycles. The summed E-state index contributed by atoms with van der Waals surface area (Å²) < 4.78 is 38.8. The molecule has 8 heteroatoms. The van der Waals surface area contributed by atoms with Gasteiger partial charge in [-0.15, -0.1) is 5.10 Å².